The summed E-state index contributed by atoms with van der Waals surface area (Å²) in [6.45, 7) is 0.259. The van der Waals surface area contributed by atoms with Gasteiger partial charge in [-0.1, -0.05) is 29.3 Å². The Kier molecular flexibility index (Phi) is 7.44. The molecule has 0 aliphatic carbocycles. The lowest BCUT2D eigenvalue weighted by Gasteiger charge is -2.31. The van der Waals surface area contributed by atoms with Crippen LogP contribution in [0.5, 0.6) is 5.75 Å². The fourth-order valence-electron chi connectivity index (χ4n) is 2.73. The standard InChI is InChI=1S/C20H14BrCl2IN2O3S/c1-25-18(27)13(19(28)26(2)20(25)30)5-10-6-14(21)17(16(24)7-10)29-9-11-3-4-12(22)8-15(11)23/h3-8H,9H2,1-2H3. The summed E-state index contributed by atoms with van der Waals surface area (Å²) in [5.74, 6) is -0.251. The van der Waals surface area contributed by atoms with Crippen molar-refractivity contribution < 1.29 is 14.3 Å². The number of carbonyl (C=O) groups excluding carboxylic acids is 2. The zero-order valence-corrected chi connectivity index (χ0v) is 21.8. The van der Waals surface area contributed by atoms with Crippen LogP contribution in [-0.2, 0) is 16.2 Å². The SMILES string of the molecule is CN1C(=O)C(=Cc2cc(Br)c(OCc3ccc(Cl)cc3Cl)c(I)c2)C(=O)N(C)C1=S. The van der Waals surface area contributed by atoms with Gasteiger partial charge in [0, 0.05) is 29.7 Å². The van der Waals surface area contributed by atoms with Crippen LogP contribution in [0.15, 0.2) is 40.4 Å². The van der Waals surface area contributed by atoms with Gasteiger partial charge < -0.3 is 4.74 Å². The number of benzene rings is 2. The fraction of sp³-hybridized carbons (Fsp3) is 0.150. The van der Waals surface area contributed by atoms with Gasteiger partial charge >= 0.3 is 0 Å². The number of carbonyl (C=O) groups is 2. The second-order valence-corrected chi connectivity index (χ2v) is 9.63. The van der Waals surface area contributed by atoms with Gasteiger partial charge in [0.25, 0.3) is 11.8 Å². The van der Waals surface area contributed by atoms with Crippen LogP contribution in [0.1, 0.15) is 11.1 Å². The van der Waals surface area contributed by atoms with E-state index in [2.05, 4.69) is 38.5 Å². The third-order valence-corrected chi connectivity index (χ3v) is 6.89. The Morgan fingerprint density at radius 2 is 1.77 bits per heavy atom. The molecule has 156 valence electrons. The van der Waals surface area contributed by atoms with E-state index in [0.29, 0.717) is 25.8 Å². The van der Waals surface area contributed by atoms with E-state index in [1.807, 2.05) is 12.1 Å². The first-order chi connectivity index (χ1) is 14.1. The Hall–Kier alpha value is -1.20. The predicted octanol–water partition coefficient (Wildman–Crippen LogP) is 5.54. The normalized spacial score (nSPS) is 14.5. The van der Waals surface area contributed by atoms with Crippen LogP contribution in [0.25, 0.3) is 6.08 Å². The first-order valence-corrected chi connectivity index (χ1v) is 11.5. The third-order valence-electron chi connectivity index (χ3n) is 4.36. The molecule has 0 aromatic heterocycles. The molecule has 2 aromatic rings. The molecule has 1 heterocycles. The summed E-state index contributed by atoms with van der Waals surface area (Å²) in [7, 11) is 3.08. The van der Waals surface area contributed by atoms with Gasteiger partial charge in [-0.05, 0) is 86.6 Å². The molecule has 1 aliphatic rings. The second-order valence-electron chi connectivity index (χ2n) is 6.41. The lowest BCUT2D eigenvalue weighted by molar-refractivity contribution is -0.132. The van der Waals surface area contributed by atoms with E-state index < -0.39 is 11.8 Å². The van der Waals surface area contributed by atoms with E-state index in [-0.39, 0.29) is 17.3 Å². The van der Waals surface area contributed by atoms with Crippen LogP contribution in [0.2, 0.25) is 10.0 Å². The molecule has 2 aromatic carbocycles. The van der Waals surface area contributed by atoms with Crippen LogP contribution in [0.3, 0.4) is 0 Å². The zero-order valence-electron chi connectivity index (χ0n) is 15.7. The monoisotopic (exact) mass is 638 g/mol. The molecule has 1 fully saturated rings. The average molecular weight is 640 g/mol. The molecule has 1 saturated heterocycles. The van der Waals surface area contributed by atoms with E-state index in [0.717, 1.165) is 9.13 Å². The number of likely N-dealkylation sites (N-methyl/N-ethyl adjacent to an activating group) is 2. The van der Waals surface area contributed by atoms with E-state index in [4.69, 9.17) is 40.2 Å². The van der Waals surface area contributed by atoms with Crippen molar-refractivity contribution in [1.82, 2.24) is 9.80 Å². The van der Waals surface area contributed by atoms with Crippen molar-refractivity contribution in [2.45, 2.75) is 6.61 Å². The predicted molar refractivity (Wildman–Crippen MR) is 134 cm³/mol. The first-order valence-electron chi connectivity index (χ1n) is 8.47. The maximum Gasteiger partial charge on any atom is 0.265 e. The molecule has 0 spiro atoms. The van der Waals surface area contributed by atoms with Crippen molar-refractivity contribution >= 4 is 96.9 Å². The topological polar surface area (TPSA) is 49.9 Å². The molecule has 0 radical (unpaired) electrons. The molecule has 0 unspecified atom stereocenters. The summed E-state index contributed by atoms with van der Waals surface area (Å²) in [6.07, 6.45) is 1.55. The lowest BCUT2D eigenvalue weighted by Crippen LogP contribution is -2.52. The van der Waals surface area contributed by atoms with Gasteiger partial charge in [-0.2, -0.15) is 0 Å². The van der Waals surface area contributed by atoms with Gasteiger partial charge in [-0.15, -0.1) is 0 Å². The molecule has 2 amide bonds. The van der Waals surface area contributed by atoms with Gasteiger partial charge in [0.05, 0.1) is 8.04 Å². The molecule has 0 bridgehead atoms. The molecule has 5 nitrogen and oxygen atoms in total. The van der Waals surface area contributed by atoms with E-state index in [1.165, 1.54) is 9.80 Å². The highest BCUT2D eigenvalue weighted by molar-refractivity contribution is 14.1. The van der Waals surface area contributed by atoms with Crippen molar-refractivity contribution in [3.63, 3.8) is 0 Å². The Bertz CT molecular complexity index is 1060. The summed E-state index contributed by atoms with van der Waals surface area (Å²) >= 11 is 22.9. The summed E-state index contributed by atoms with van der Waals surface area (Å²) in [4.78, 5) is 27.6. The van der Waals surface area contributed by atoms with Crippen molar-refractivity contribution in [3.8, 4) is 5.75 Å². The van der Waals surface area contributed by atoms with Crippen molar-refractivity contribution in [3.05, 3.63) is 65.1 Å². The van der Waals surface area contributed by atoms with Crippen LogP contribution in [0, 0.1) is 3.57 Å². The fourth-order valence-corrected chi connectivity index (χ4v) is 5.13. The quantitative estimate of drug-likeness (QED) is 0.191. The summed E-state index contributed by atoms with van der Waals surface area (Å²) in [5, 5.41) is 1.25. The Morgan fingerprint density at radius 1 is 1.13 bits per heavy atom. The highest BCUT2D eigenvalue weighted by atomic mass is 127. The van der Waals surface area contributed by atoms with Crippen molar-refractivity contribution in [1.29, 1.82) is 0 Å². The summed E-state index contributed by atoms with van der Waals surface area (Å²) < 4.78 is 7.42. The largest absolute Gasteiger partial charge is 0.487 e. The minimum absolute atomic E-state index is 0.0397. The molecule has 0 N–H and O–H groups in total. The van der Waals surface area contributed by atoms with Gasteiger partial charge in [0.2, 0.25) is 0 Å². The number of nitrogens with zero attached hydrogens (tertiary/aromatic N) is 2. The summed E-state index contributed by atoms with van der Waals surface area (Å²) in [5.41, 5.74) is 1.52. The smallest absolute Gasteiger partial charge is 0.265 e. The Balaban J connectivity index is 1.87. The van der Waals surface area contributed by atoms with Gasteiger partial charge in [0.1, 0.15) is 17.9 Å². The zero-order chi connectivity index (χ0) is 22.2. The van der Waals surface area contributed by atoms with E-state index in [9.17, 15) is 9.59 Å². The lowest BCUT2D eigenvalue weighted by atomic mass is 10.1. The molecule has 30 heavy (non-hydrogen) atoms. The Labute approximate surface area is 211 Å². The number of thiocarbonyl (C=S) groups is 1. The third kappa shape index (κ3) is 4.83. The summed E-state index contributed by atoms with van der Waals surface area (Å²) in [6, 6.07) is 8.82. The van der Waals surface area contributed by atoms with E-state index >= 15 is 0 Å². The number of halogens is 4. The Morgan fingerprint density at radius 3 is 2.33 bits per heavy atom. The molecule has 0 atom stereocenters. The van der Waals surface area contributed by atoms with Crippen molar-refractivity contribution in [2.24, 2.45) is 0 Å². The maximum absolute atomic E-state index is 12.5. The first kappa shape index (κ1) is 23.5. The van der Waals surface area contributed by atoms with Crippen LogP contribution < -0.4 is 4.74 Å². The maximum atomic E-state index is 12.5. The van der Waals surface area contributed by atoms with Crippen LogP contribution in [0.4, 0.5) is 0 Å². The van der Waals surface area contributed by atoms with Crippen LogP contribution in [-0.4, -0.2) is 40.8 Å². The molecule has 1 aliphatic heterocycles. The number of rotatable bonds is 4. The molecular formula is C20H14BrCl2IN2O3S. The molecule has 3 rings (SSSR count). The minimum atomic E-state index is -0.438. The van der Waals surface area contributed by atoms with Gasteiger partial charge in [0.15, 0.2) is 5.11 Å². The highest BCUT2D eigenvalue weighted by Crippen LogP contribution is 2.34. The second kappa shape index (κ2) is 9.52. The van der Waals surface area contributed by atoms with Crippen LogP contribution >= 0.6 is 73.9 Å². The van der Waals surface area contributed by atoms with Gasteiger partial charge in [-0.3, -0.25) is 19.4 Å². The minimum Gasteiger partial charge on any atom is -0.487 e. The van der Waals surface area contributed by atoms with E-state index in [1.54, 1.807) is 38.4 Å². The molecule has 0 saturated carbocycles. The van der Waals surface area contributed by atoms with Crippen molar-refractivity contribution in [2.75, 3.05) is 14.1 Å². The number of hydrogen-bond acceptors (Lipinski definition) is 4. The average Bonchev–Trinajstić information content (AvgIpc) is 2.69. The highest BCUT2D eigenvalue weighted by Gasteiger charge is 2.35. The molecular weight excluding hydrogens is 626 g/mol. The molecule has 10 heteroatoms. The number of amides is 2. The number of hydrogen-bond donors (Lipinski definition) is 0. The van der Waals surface area contributed by atoms with Gasteiger partial charge in [-0.25, -0.2) is 0 Å². The number of ether oxygens (including phenoxy) is 1.